The molecule has 0 radical (unpaired) electrons. The van der Waals surface area contributed by atoms with E-state index in [1.54, 1.807) is 30.5 Å². The Bertz CT molecular complexity index is 511. The molecule has 0 aliphatic carbocycles. The van der Waals surface area contributed by atoms with E-state index in [0.717, 1.165) is 17.8 Å². The molecule has 1 aromatic heterocycles. The molecule has 1 unspecified atom stereocenters. The predicted molar refractivity (Wildman–Crippen MR) is 71.8 cm³/mol. The molecular weight excluding hydrogens is 229 g/mol. The normalized spacial score (nSPS) is 12.1. The second kappa shape index (κ2) is 5.49. The fraction of sp³-hybridized carbons (Fsp3) is 0.214. The van der Waals surface area contributed by atoms with Gasteiger partial charge in [0, 0.05) is 24.0 Å². The maximum Gasteiger partial charge on any atom is 0.128 e. The number of hydrogen-bond acceptors (Lipinski definition) is 3. The van der Waals surface area contributed by atoms with Gasteiger partial charge in [-0.05, 0) is 37.1 Å². The van der Waals surface area contributed by atoms with Crippen LogP contribution in [-0.4, -0.2) is 11.0 Å². The number of hydrogen-bond donors (Lipinski definition) is 2. The van der Waals surface area contributed by atoms with Crippen molar-refractivity contribution >= 4 is 11.5 Å². The van der Waals surface area contributed by atoms with Crippen molar-refractivity contribution in [1.82, 2.24) is 4.98 Å². The Morgan fingerprint density at radius 3 is 2.67 bits per heavy atom. The zero-order valence-corrected chi connectivity index (χ0v) is 10.2. The lowest BCUT2D eigenvalue weighted by atomic mass is 10.1. The molecule has 1 atom stereocenters. The number of nitrogen functional groups attached to an aromatic ring is 1. The highest BCUT2D eigenvalue weighted by atomic mass is 19.1. The van der Waals surface area contributed by atoms with Gasteiger partial charge in [0.25, 0.3) is 0 Å². The highest BCUT2D eigenvalue weighted by molar-refractivity contribution is 5.48. The first-order valence-electron chi connectivity index (χ1n) is 5.86. The number of halogens is 1. The van der Waals surface area contributed by atoms with Crippen LogP contribution in [0.4, 0.5) is 15.9 Å². The van der Waals surface area contributed by atoms with Crippen molar-refractivity contribution in [3.8, 4) is 0 Å². The molecule has 2 rings (SSSR count). The SMILES string of the molecule is CC(Cc1ccc(F)cc1)Nc1cc(N)ccn1. The average molecular weight is 245 g/mol. The van der Waals surface area contributed by atoms with Crippen LogP contribution in [0, 0.1) is 5.82 Å². The van der Waals surface area contributed by atoms with Crippen LogP contribution in [0.1, 0.15) is 12.5 Å². The number of aromatic nitrogens is 1. The lowest BCUT2D eigenvalue weighted by molar-refractivity contribution is 0.626. The maximum atomic E-state index is 12.8. The molecule has 0 saturated heterocycles. The fourth-order valence-electron chi connectivity index (χ4n) is 1.80. The van der Waals surface area contributed by atoms with Crippen molar-refractivity contribution in [2.75, 3.05) is 11.1 Å². The van der Waals surface area contributed by atoms with E-state index in [9.17, 15) is 4.39 Å². The van der Waals surface area contributed by atoms with Crippen LogP contribution in [-0.2, 0) is 6.42 Å². The number of pyridine rings is 1. The molecule has 0 aliphatic rings. The van der Waals surface area contributed by atoms with Gasteiger partial charge in [-0.15, -0.1) is 0 Å². The quantitative estimate of drug-likeness (QED) is 0.870. The van der Waals surface area contributed by atoms with Crippen molar-refractivity contribution in [1.29, 1.82) is 0 Å². The van der Waals surface area contributed by atoms with Crippen LogP contribution in [0.3, 0.4) is 0 Å². The highest BCUT2D eigenvalue weighted by Gasteiger charge is 2.04. The molecular formula is C14H16FN3. The molecule has 94 valence electrons. The zero-order valence-electron chi connectivity index (χ0n) is 10.2. The summed E-state index contributed by atoms with van der Waals surface area (Å²) in [6, 6.07) is 10.3. The van der Waals surface area contributed by atoms with Crippen molar-refractivity contribution in [3.05, 3.63) is 54.0 Å². The summed E-state index contributed by atoms with van der Waals surface area (Å²) in [6.45, 7) is 2.05. The zero-order chi connectivity index (χ0) is 13.0. The highest BCUT2D eigenvalue weighted by Crippen LogP contribution is 2.12. The van der Waals surface area contributed by atoms with Gasteiger partial charge in [0.1, 0.15) is 11.6 Å². The molecule has 0 aliphatic heterocycles. The van der Waals surface area contributed by atoms with Crippen LogP contribution in [0.15, 0.2) is 42.6 Å². The molecule has 1 heterocycles. The largest absolute Gasteiger partial charge is 0.399 e. The molecule has 0 fully saturated rings. The third-order valence-electron chi connectivity index (χ3n) is 2.63. The van der Waals surface area contributed by atoms with E-state index in [-0.39, 0.29) is 11.9 Å². The molecule has 18 heavy (non-hydrogen) atoms. The summed E-state index contributed by atoms with van der Waals surface area (Å²) < 4.78 is 12.8. The van der Waals surface area contributed by atoms with Gasteiger partial charge in [-0.2, -0.15) is 0 Å². The predicted octanol–water partition coefficient (Wildman–Crippen LogP) is 2.85. The number of nitrogens with zero attached hydrogens (tertiary/aromatic N) is 1. The first-order chi connectivity index (χ1) is 8.63. The standard InChI is InChI=1S/C14H16FN3/c1-10(8-11-2-4-12(15)5-3-11)18-14-9-13(16)6-7-17-14/h2-7,9-10H,8H2,1H3,(H3,16,17,18). The molecule has 0 spiro atoms. The average Bonchev–Trinajstić information content (AvgIpc) is 2.32. The Balaban J connectivity index is 1.96. The fourth-order valence-corrected chi connectivity index (χ4v) is 1.80. The number of benzene rings is 1. The number of nitrogens with two attached hydrogens (primary N) is 1. The summed E-state index contributed by atoms with van der Waals surface area (Å²) in [4.78, 5) is 4.18. The minimum atomic E-state index is -0.211. The van der Waals surface area contributed by atoms with Gasteiger partial charge >= 0.3 is 0 Å². The number of rotatable bonds is 4. The molecule has 1 aromatic carbocycles. The van der Waals surface area contributed by atoms with Crippen LogP contribution < -0.4 is 11.1 Å². The third-order valence-corrected chi connectivity index (χ3v) is 2.63. The summed E-state index contributed by atoms with van der Waals surface area (Å²) in [5, 5.41) is 3.26. The summed E-state index contributed by atoms with van der Waals surface area (Å²) in [5.41, 5.74) is 7.45. The van der Waals surface area contributed by atoms with Gasteiger partial charge < -0.3 is 11.1 Å². The van der Waals surface area contributed by atoms with E-state index in [1.165, 1.54) is 12.1 Å². The Hall–Kier alpha value is -2.10. The third kappa shape index (κ3) is 3.45. The van der Waals surface area contributed by atoms with E-state index in [4.69, 9.17) is 5.73 Å². The second-order valence-corrected chi connectivity index (χ2v) is 4.35. The minimum absolute atomic E-state index is 0.199. The Morgan fingerprint density at radius 2 is 2.00 bits per heavy atom. The summed E-state index contributed by atoms with van der Waals surface area (Å²) in [7, 11) is 0. The van der Waals surface area contributed by atoms with Gasteiger partial charge in [0.2, 0.25) is 0 Å². The van der Waals surface area contributed by atoms with Crippen LogP contribution in [0.5, 0.6) is 0 Å². The van der Waals surface area contributed by atoms with Gasteiger partial charge in [-0.25, -0.2) is 9.37 Å². The first kappa shape index (κ1) is 12.4. The molecule has 3 N–H and O–H groups in total. The molecule has 2 aromatic rings. The van der Waals surface area contributed by atoms with Crippen molar-refractivity contribution in [2.45, 2.75) is 19.4 Å². The number of anilines is 2. The molecule has 3 nitrogen and oxygen atoms in total. The van der Waals surface area contributed by atoms with Gasteiger partial charge in [-0.1, -0.05) is 12.1 Å². The summed E-state index contributed by atoms with van der Waals surface area (Å²) in [6.07, 6.45) is 2.47. The lowest BCUT2D eigenvalue weighted by Crippen LogP contribution is -2.18. The number of nitrogens with one attached hydrogen (secondary N) is 1. The molecule has 0 amide bonds. The van der Waals surface area contributed by atoms with Crippen LogP contribution in [0.25, 0.3) is 0 Å². The van der Waals surface area contributed by atoms with Crippen molar-refractivity contribution in [2.24, 2.45) is 0 Å². The Labute approximate surface area is 106 Å². The second-order valence-electron chi connectivity index (χ2n) is 4.35. The van der Waals surface area contributed by atoms with E-state index in [2.05, 4.69) is 10.3 Å². The van der Waals surface area contributed by atoms with Gasteiger partial charge in [0.05, 0.1) is 0 Å². The Kier molecular flexibility index (Phi) is 3.77. The van der Waals surface area contributed by atoms with Crippen LogP contribution >= 0.6 is 0 Å². The summed E-state index contributed by atoms with van der Waals surface area (Å²) in [5.74, 6) is 0.543. The van der Waals surface area contributed by atoms with E-state index < -0.39 is 0 Å². The van der Waals surface area contributed by atoms with Gasteiger partial charge in [-0.3, -0.25) is 0 Å². The first-order valence-corrected chi connectivity index (χ1v) is 5.86. The minimum Gasteiger partial charge on any atom is -0.399 e. The topological polar surface area (TPSA) is 50.9 Å². The van der Waals surface area contributed by atoms with Crippen molar-refractivity contribution < 1.29 is 4.39 Å². The monoisotopic (exact) mass is 245 g/mol. The Morgan fingerprint density at radius 1 is 1.28 bits per heavy atom. The molecule has 4 heteroatoms. The van der Waals surface area contributed by atoms with E-state index >= 15 is 0 Å². The summed E-state index contributed by atoms with van der Waals surface area (Å²) >= 11 is 0. The van der Waals surface area contributed by atoms with E-state index in [0.29, 0.717) is 5.69 Å². The smallest absolute Gasteiger partial charge is 0.128 e. The molecule has 0 saturated carbocycles. The van der Waals surface area contributed by atoms with E-state index in [1.807, 2.05) is 6.92 Å². The lowest BCUT2D eigenvalue weighted by Gasteiger charge is -2.14. The van der Waals surface area contributed by atoms with Gasteiger partial charge in [0.15, 0.2) is 0 Å². The maximum absolute atomic E-state index is 12.8. The van der Waals surface area contributed by atoms with Crippen LogP contribution in [0.2, 0.25) is 0 Å². The molecule has 0 bridgehead atoms. The van der Waals surface area contributed by atoms with Crippen molar-refractivity contribution in [3.63, 3.8) is 0 Å².